The Hall–Kier alpha value is -2.05. The molecule has 1 N–H and O–H groups in total. The first-order chi connectivity index (χ1) is 11.2. The van der Waals surface area contributed by atoms with Gasteiger partial charge >= 0.3 is 0 Å². The Morgan fingerprint density at radius 3 is 2.87 bits per heavy atom. The number of thiophene rings is 1. The number of rotatable bonds is 6. The molecule has 0 spiro atoms. The second-order valence-electron chi connectivity index (χ2n) is 5.00. The third kappa shape index (κ3) is 4.46. The largest absolute Gasteiger partial charge is 0.443 e. The standard InChI is InChI=1S/C17H16N2O2S2/c1-12-4-6-14(7-5-12)23-11-16(20)18-9-13-10-21-17(19-13)15-3-2-8-22-15/h2-8,10H,9,11H2,1H3,(H,18,20). The summed E-state index contributed by atoms with van der Waals surface area (Å²) in [6, 6.07) is 12.0. The molecule has 6 heteroatoms. The van der Waals surface area contributed by atoms with Crippen LogP contribution in [-0.4, -0.2) is 16.6 Å². The van der Waals surface area contributed by atoms with Gasteiger partial charge in [0.25, 0.3) is 0 Å². The topological polar surface area (TPSA) is 55.1 Å². The van der Waals surface area contributed by atoms with Gasteiger partial charge in [0.05, 0.1) is 22.9 Å². The van der Waals surface area contributed by atoms with Crippen molar-refractivity contribution in [2.75, 3.05) is 5.75 Å². The number of nitrogens with zero attached hydrogens (tertiary/aromatic N) is 1. The zero-order chi connectivity index (χ0) is 16.1. The molecule has 2 aromatic heterocycles. The zero-order valence-corrected chi connectivity index (χ0v) is 14.2. The lowest BCUT2D eigenvalue weighted by atomic mass is 10.2. The minimum atomic E-state index is -0.0174. The van der Waals surface area contributed by atoms with E-state index in [1.807, 2.05) is 48.7 Å². The molecule has 1 aromatic carbocycles. The van der Waals surface area contributed by atoms with E-state index >= 15 is 0 Å². The van der Waals surface area contributed by atoms with Crippen LogP contribution in [0.25, 0.3) is 10.8 Å². The zero-order valence-electron chi connectivity index (χ0n) is 12.6. The van der Waals surface area contributed by atoms with Gasteiger partial charge in [0, 0.05) is 4.90 Å². The average molecular weight is 344 g/mol. The van der Waals surface area contributed by atoms with Crippen molar-refractivity contribution in [2.45, 2.75) is 18.4 Å². The lowest BCUT2D eigenvalue weighted by molar-refractivity contribution is -0.118. The molecule has 118 valence electrons. The second-order valence-corrected chi connectivity index (χ2v) is 7.00. The molecule has 0 fully saturated rings. The number of amides is 1. The summed E-state index contributed by atoms with van der Waals surface area (Å²) in [5.74, 6) is 0.966. The Morgan fingerprint density at radius 2 is 2.13 bits per heavy atom. The average Bonchev–Trinajstić information content (AvgIpc) is 3.23. The third-order valence-electron chi connectivity index (χ3n) is 3.14. The molecule has 2 heterocycles. The summed E-state index contributed by atoms with van der Waals surface area (Å²) in [6.45, 7) is 2.42. The number of carbonyl (C=O) groups is 1. The van der Waals surface area contributed by atoms with Crippen molar-refractivity contribution >= 4 is 29.0 Å². The quantitative estimate of drug-likeness (QED) is 0.684. The lowest BCUT2D eigenvalue weighted by Gasteiger charge is -2.03. The van der Waals surface area contributed by atoms with E-state index in [-0.39, 0.29) is 5.91 Å². The molecule has 0 aliphatic carbocycles. The minimum Gasteiger partial charge on any atom is -0.443 e. The molecule has 3 rings (SSSR count). The van der Waals surface area contributed by atoms with Crippen molar-refractivity contribution in [2.24, 2.45) is 0 Å². The van der Waals surface area contributed by atoms with E-state index in [0.29, 0.717) is 18.2 Å². The predicted octanol–water partition coefficient (Wildman–Crippen LogP) is 4.12. The maximum absolute atomic E-state index is 11.9. The monoisotopic (exact) mass is 344 g/mol. The highest BCUT2D eigenvalue weighted by atomic mass is 32.2. The molecule has 0 bridgehead atoms. The smallest absolute Gasteiger partial charge is 0.236 e. The Balaban J connectivity index is 1.46. The van der Waals surface area contributed by atoms with Crippen LogP contribution >= 0.6 is 23.1 Å². The van der Waals surface area contributed by atoms with E-state index in [4.69, 9.17) is 4.42 Å². The first kappa shape index (κ1) is 15.8. The molecular formula is C17H16N2O2S2. The van der Waals surface area contributed by atoms with Crippen LogP contribution in [0.4, 0.5) is 0 Å². The number of carbonyl (C=O) groups excluding carboxylic acids is 1. The molecule has 0 saturated carbocycles. The molecule has 0 aliphatic heterocycles. The number of benzene rings is 1. The number of oxazole rings is 1. The van der Waals surface area contributed by atoms with Gasteiger partial charge < -0.3 is 9.73 Å². The Kier molecular flexibility index (Phi) is 5.15. The third-order valence-corrected chi connectivity index (χ3v) is 5.01. The Morgan fingerprint density at radius 1 is 1.30 bits per heavy atom. The first-order valence-corrected chi connectivity index (χ1v) is 9.02. The van der Waals surface area contributed by atoms with E-state index < -0.39 is 0 Å². The maximum Gasteiger partial charge on any atom is 0.236 e. The van der Waals surface area contributed by atoms with Crippen molar-refractivity contribution in [1.29, 1.82) is 0 Å². The van der Waals surface area contributed by atoms with Crippen LogP contribution in [-0.2, 0) is 11.3 Å². The highest BCUT2D eigenvalue weighted by Gasteiger charge is 2.09. The summed E-state index contributed by atoms with van der Waals surface area (Å²) in [5, 5.41) is 4.84. The van der Waals surface area contributed by atoms with Gasteiger partial charge in [-0.25, -0.2) is 4.98 Å². The number of aryl methyl sites for hydroxylation is 1. The first-order valence-electron chi connectivity index (χ1n) is 7.15. The highest BCUT2D eigenvalue weighted by molar-refractivity contribution is 8.00. The number of hydrogen-bond donors (Lipinski definition) is 1. The molecule has 0 aliphatic rings. The SMILES string of the molecule is Cc1ccc(SCC(=O)NCc2coc(-c3cccs3)n2)cc1. The maximum atomic E-state index is 11.9. The molecule has 0 atom stereocenters. The molecule has 0 unspecified atom stereocenters. The lowest BCUT2D eigenvalue weighted by Crippen LogP contribution is -2.24. The summed E-state index contributed by atoms with van der Waals surface area (Å²) < 4.78 is 5.42. The Bertz CT molecular complexity index is 764. The molecule has 23 heavy (non-hydrogen) atoms. The molecule has 1 amide bonds. The van der Waals surface area contributed by atoms with Gasteiger partial charge in [0.1, 0.15) is 6.26 Å². The van der Waals surface area contributed by atoms with E-state index in [1.54, 1.807) is 17.6 Å². The van der Waals surface area contributed by atoms with Crippen LogP contribution in [0.3, 0.4) is 0 Å². The van der Waals surface area contributed by atoms with Crippen LogP contribution in [0.2, 0.25) is 0 Å². The summed E-state index contributed by atoms with van der Waals surface area (Å²) in [7, 11) is 0. The Labute approximate surface area is 142 Å². The fraction of sp³-hybridized carbons (Fsp3) is 0.176. The molecule has 0 radical (unpaired) electrons. The summed E-state index contributed by atoms with van der Waals surface area (Å²) in [6.07, 6.45) is 1.59. The van der Waals surface area contributed by atoms with Crippen molar-refractivity contribution < 1.29 is 9.21 Å². The minimum absolute atomic E-state index is 0.0174. The van der Waals surface area contributed by atoms with Gasteiger partial charge in [-0.05, 0) is 30.5 Å². The number of nitrogens with one attached hydrogen (secondary N) is 1. The van der Waals surface area contributed by atoms with Crippen molar-refractivity contribution in [3.05, 3.63) is 59.3 Å². The van der Waals surface area contributed by atoms with Crippen molar-refractivity contribution in [1.82, 2.24) is 10.3 Å². The molecular weight excluding hydrogens is 328 g/mol. The summed E-state index contributed by atoms with van der Waals surface area (Å²) >= 11 is 3.09. The van der Waals surface area contributed by atoms with E-state index in [0.717, 1.165) is 15.5 Å². The molecule has 3 aromatic rings. The highest BCUT2D eigenvalue weighted by Crippen LogP contribution is 2.23. The van der Waals surface area contributed by atoms with Crippen LogP contribution in [0, 0.1) is 6.92 Å². The summed E-state index contributed by atoms with van der Waals surface area (Å²) in [4.78, 5) is 18.4. The van der Waals surface area contributed by atoms with Gasteiger partial charge in [0.2, 0.25) is 11.8 Å². The van der Waals surface area contributed by atoms with Gasteiger partial charge in [-0.2, -0.15) is 0 Å². The molecule has 4 nitrogen and oxygen atoms in total. The van der Waals surface area contributed by atoms with Crippen LogP contribution < -0.4 is 5.32 Å². The fourth-order valence-corrected chi connectivity index (χ4v) is 3.31. The second kappa shape index (κ2) is 7.48. The van der Waals surface area contributed by atoms with Crippen molar-refractivity contribution in [3.63, 3.8) is 0 Å². The number of aromatic nitrogens is 1. The van der Waals surface area contributed by atoms with Crippen LogP contribution in [0.1, 0.15) is 11.3 Å². The van der Waals surface area contributed by atoms with Gasteiger partial charge in [-0.15, -0.1) is 23.1 Å². The number of hydrogen-bond acceptors (Lipinski definition) is 5. The fourth-order valence-electron chi connectivity index (χ4n) is 1.93. The van der Waals surface area contributed by atoms with E-state index in [2.05, 4.69) is 10.3 Å². The predicted molar refractivity (Wildman–Crippen MR) is 93.6 cm³/mol. The normalized spacial score (nSPS) is 10.7. The van der Waals surface area contributed by atoms with Gasteiger partial charge in [-0.3, -0.25) is 4.79 Å². The van der Waals surface area contributed by atoms with E-state index in [9.17, 15) is 4.79 Å². The number of thioether (sulfide) groups is 1. The van der Waals surface area contributed by atoms with Crippen LogP contribution in [0.5, 0.6) is 0 Å². The van der Waals surface area contributed by atoms with Gasteiger partial charge in [0.15, 0.2) is 0 Å². The molecule has 0 saturated heterocycles. The summed E-state index contributed by atoms with van der Waals surface area (Å²) in [5.41, 5.74) is 1.94. The van der Waals surface area contributed by atoms with Crippen LogP contribution in [0.15, 0.2) is 57.4 Å². The van der Waals surface area contributed by atoms with E-state index in [1.165, 1.54) is 17.3 Å². The van der Waals surface area contributed by atoms with Crippen molar-refractivity contribution in [3.8, 4) is 10.8 Å². The van der Waals surface area contributed by atoms with Gasteiger partial charge in [-0.1, -0.05) is 23.8 Å².